The standard InChI is InChI=1S/C14H15NOS.ClH/c1-2-12-14-11(10-4-3-6-15-8-10)9-17-13(14)5-7-16-12;/h3-4,6,8-9,12H,2,5,7H2,1H3;1H. The fraction of sp³-hybridized carbons (Fsp3) is 0.357. The molecule has 0 aromatic carbocycles. The van der Waals surface area contributed by atoms with E-state index in [9.17, 15) is 0 Å². The number of aromatic nitrogens is 1. The highest BCUT2D eigenvalue weighted by atomic mass is 35.5. The topological polar surface area (TPSA) is 22.1 Å². The Morgan fingerprint density at radius 1 is 1.50 bits per heavy atom. The van der Waals surface area contributed by atoms with E-state index >= 15 is 0 Å². The van der Waals surface area contributed by atoms with Crippen LogP contribution >= 0.6 is 23.7 Å². The zero-order chi connectivity index (χ0) is 11.7. The Morgan fingerprint density at radius 3 is 3.11 bits per heavy atom. The van der Waals surface area contributed by atoms with Crippen LogP contribution in [0.25, 0.3) is 11.1 Å². The molecule has 0 spiro atoms. The van der Waals surface area contributed by atoms with E-state index in [4.69, 9.17) is 4.74 Å². The maximum Gasteiger partial charge on any atom is 0.0839 e. The van der Waals surface area contributed by atoms with Gasteiger partial charge < -0.3 is 4.74 Å². The second-order valence-electron chi connectivity index (χ2n) is 4.25. The van der Waals surface area contributed by atoms with Crippen molar-refractivity contribution in [1.82, 2.24) is 4.98 Å². The number of ether oxygens (including phenoxy) is 1. The second-order valence-corrected chi connectivity index (χ2v) is 5.21. The molecule has 0 amide bonds. The summed E-state index contributed by atoms with van der Waals surface area (Å²) in [7, 11) is 0. The van der Waals surface area contributed by atoms with Crippen LogP contribution < -0.4 is 0 Å². The molecule has 0 aliphatic carbocycles. The molecule has 0 radical (unpaired) electrons. The molecular weight excluding hydrogens is 266 g/mol. The van der Waals surface area contributed by atoms with Gasteiger partial charge in [-0.3, -0.25) is 4.98 Å². The third-order valence-electron chi connectivity index (χ3n) is 3.22. The van der Waals surface area contributed by atoms with E-state index in [2.05, 4.69) is 23.4 Å². The van der Waals surface area contributed by atoms with Gasteiger partial charge in [0.05, 0.1) is 12.7 Å². The lowest BCUT2D eigenvalue weighted by Gasteiger charge is -2.23. The predicted octanol–water partition coefficient (Wildman–Crippen LogP) is 4.26. The van der Waals surface area contributed by atoms with Gasteiger partial charge in [0.25, 0.3) is 0 Å². The molecule has 0 saturated heterocycles. The lowest BCUT2D eigenvalue weighted by molar-refractivity contribution is 0.0416. The number of fused-ring (bicyclic) bond motifs is 1. The first-order valence-electron chi connectivity index (χ1n) is 6.02. The molecule has 1 aliphatic heterocycles. The molecule has 0 bridgehead atoms. The number of hydrogen-bond donors (Lipinski definition) is 0. The Morgan fingerprint density at radius 2 is 2.39 bits per heavy atom. The van der Waals surface area contributed by atoms with Crippen molar-refractivity contribution in [2.75, 3.05) is 6.61 Å². The number of pyridine rings is 1. The summed E-state index contributed by atoms with van der Waals surface area (Å²) in [6.45, 7) is 3.04. The lowest BCUT2D eigenvalue weighted by atomic mass is 9.96. The molecule has 1 atom stereocenters. The number of rotatable bonds is 2. The lowest BCUT2D eigenvalue weighted by Crippen LogP contribution is -2.14. The summed E-state index contributed by atoms with van der Waals surface area (Å²) in [6.07, 6.45) is 6.10. The largest absolute Gasteiger partial charge is 0.373 e. The first kappa shape index (κ1) is 13.5. The molecule has 0 fully saturated rings. The smallest absolute Gasteiger partial charge is 0.0839 e. The van der Waals surface area contributed by atoms with Crippen molar-refractivity contribution in [3.05, 3.63) is 40.3 Å². The second kappa shape index (κ2) is 5.83. The molecule has 3 heterocycles. The highest BCUT2D eigenvalue weighted by Gasteiger charge is 2.24. The summed E-state index contributed by atoms with van der Waals surface area (Å²) >= 11 is 1.86. The zero-order valence-electron chi connectivity index (χ0n) is 10.3. The number of nitrogens with zero attached hydrogens (tertiary/aromatic N) is 1. The van der Waals surface area contributed by atoms with Crippen LogP contribution in [0.15, 0.2) is 29.9 Å². The van der Waals surface area contributed by atoms with Crippen LogP contribution in [0.4, 0.5) is 0 Å². The van der Waals surface area contributed by atoms with Gasteiger partial charge in [-0.05, 0) is 23.4 Å². The quantitative estimate of drug-likeness (QED) is 0.821. The highest BCUT2D eigenvalue weighted by Crippen LogP contribution is 2.41. The minimum atomic E-state index is 0. The van der Waals surface area contributed by atoms with Crippen LogP contribution in [0.1, 0.15) is 29.9 Å². The fourth-order valence-corrected chi connectivity index (χ4v) is 3.49. The van der Waals surface area contributed by atoms with Crippen LogP contribution in [-0.2, 0) is 11.2 Å². The van der Waals surface area contributed by atoms with E-state index in [-0.39, 0.29) is 18.5 Å². The predicted molar refractivity (Wildman–Crippen MR) is 77.5 cm³/mol. The molecule has 2 aromatic heterocycles. The molecule has 2 nitrogen and oxygen atoms in total. The van der Waals surface area contributed by atoms with Gasteiger partial charge in [-0.1, -0.05) is 13.0 Å². The van der Waals surface area contributed by atoms with Crippen molar-refractivity contribution < 1.29 is 4.74 Å². The molecule has 1 unspecified atom stereocenters. The van der Waals surface area contributed by atoms with Gasteiger partial charge in [-0.25, -0.2) is 0 Å². The van der Waals surface area contributed by atoms with Crippen LogP contribution in [0.5, 0.6) is 0 Å². The van der Waals surface area contributed by atoms with E-state index < -0.39 is 0 Å². The molecule has 4 heteroatoms. The Balaban J connectivity index is 0.00000120. The molecule has 2 aromatic rings. The SMILES string of the molecule is CCC1OCCc2scc(-c3cccnc3)c21.Cl. The van der Waals surface area contributed by atoms with Gasteiger partial charge in [-0.2, -0.15) is 0 Å². The van der Waals surface area contributed by atoms with E-state index in [1.165, 1.54) is 21.6 Å². The van der Waals surface area contributed by atoms with Crippen molar-refractivity contribution in [3.8, 4) is 11.1 Å². The van der Waals surface area contributed by atoms with Gasteiger partial charge in [0.2, 0.25) is 0 Å². The Bertz CT molecular complexity index is 512. The molecule has 0 saturated carbocycles. The number of hydrogen-bond acceptors (Lipinski definition) is 3. The van der Waals surface area contributed by atoms with Gasteiger partial charge in [0.15, 0.2) is 0 Å². The first-order valence-corrected chi connectivity index (χ1v) is 6.90. The van der Waals surface area contributed by atoms with E-state index in [0.29, 0.717) is 0 Å². The minimum Gasteiger partial charge on any atom is -0.373 e. The molecular formula is C14H16ClNOS. The third-order valence-corrected chi connectivity index (χ3v) is 4.29. The van der Waals surface area contributed by atoms with E-state index in [1.54, 1.807) is 0 Å². The summed E-state index contributed by atoms with van der Waals surface area (Å²) in [5.74, 6) is 0. The maximum absolute atomic E-state index is 5.86. The van der Waals surface area contributed by atoms with Gasteiger partial charge >= 0.3 is 0 Å². The summed E-state index contributed by atoms with van der Waals surface area (Å²) in [5, 5.41) is 2.25. The van der Waals surface area contributed by atoms with Crippen LogP contribution in [-0.4, -0.2) is 11.6 Å². The zero-order valence-corrected chi connectivity index (χ0v) is 11.9. The highest BCUT2D eigenvalue weighted by molar-refractivity contribution is 7.10. The van der Waals surface area contributed by atoms with Crippen LogP contribution in [0.3, 0.4) is 0 Å². The Labute approximate surface area is 117 Å². The summed E-state index contributed by atoms with van der Waals surface area (Å²) in [6, 6.07) is 4.11. The van der Waals surface area contributed by atoms with Crippen molar-refractivity contribution in [2.24, 2.45) is 0 Å². The van der Waals surface area contributed by atoms with E-state index in [0.717, 1.165) is 19.4 Å². The monoisotopic (exact) mass is 281 g/mol. The van der Waals surface area contributed by atoms with Crippen LogP contribution in [0.2, 0.25) is 0 Å². The van der Waals surface area contributed by atoms with Gasteiger partial charge in [0.1, 0.15) is 0 Å². The molecule has 96 valence electrons. The summed E-state index contributed by atoms with van der Waals surface area (Å²) < 4.78 is 5.86. The van der Waals surface area contributed by atoms with Gasteiger partial charge in [-0.15, -0.1) is 23.7 Å². The first-order chi connectivity index (χ1) is 8.40. The maximum atomic E-state index is 5.86. The summed E-state index contributed by atoms with van der Waals surface area (Å²) in [5.41, 5.74) is 3.91. The average molecular weight is 282 g/mol. The Hall–Kier alpha value is -0.900. The average Bonchev–Trinajstić information content (AvgIpc) is 2.83. The number of thiophene rings is 1. The fourth-order valence-electron chi connectivity index (χ4n) is 2.40. The van der Waals surface area contributed by atoms with Crippen molar-refractivity contribution in [3.63, 3.8) is 0 Å². The molecule has 18 heavy (non-hydrogen) atoms. The van der Waals surface area contributed by atoms with Crippen molar-refractivity contribution in [1.29, 1.82) is 0 Å². The minimum absolute atomic E-state index is 0. The van der Waals surface area contributed by atoms with Crippen LogP contribution in [0, 0.1) is 0 Å². The molecule has 0 N–H and O–H groups in total. The normalized spacial score (nSPS) is 17.9. The molecule has 1 aliphatic rings. The van der Waals surface area contributed by atoms with Crippen molar-refractivity contribution in [2.45, 2.75) is 25.9 Å². The molecule has 3 rings (SSSR count). The number of halogens is 1. The Kier molecular flexibility index (Phi) is 4.38. The van der Waals surface area contributed by atoms with Gasteiger partial charge in [0, 0.05) is 34.8 Å². The summed E-state index contributed by atoms with van der Waals surface area (Å²) in [4.78, 5) is 5.69. The third kappa shape index (κ3) is 2.30. The van der Waals surface area contributed by atoms with E-state index in [1.807, 2.05) is 29.8 Å². The van der Waals surface area contributed by atoms with Crippen molar-refractivity contribution >= 4 is 23.7 Å².